The lowest BCUT2D eigenvalue weighted by atomic mass is 9.79. The van der Waals surface area contributed by atoms with Crippen molar-refractivity contribution >= 4 is 17.3 Å². The van der Waals surface area contributed by atoms with Crippen molar-refractivity contribution in [2.75, 3.05) is 5.32 Å². The van der Waals surface area contributed by atoms with Gasteiger partial charge in [0.05, 0.1) is 10.7 Å². The molecule has 0 saturated carbocycles. The van der Waals surface area contributed by atoms with Crippen LogP contribution in [0.4, 0.5) is 10.1 Å². The Morgan fingerprint density at radius 2 is 1.76 bits per heavy atom. The van der Waals surface area contributed by atoms with Crippen LogP contribution in [0.2, 0.25) is 5.02 Å². The third-order valence-electron chi connectivity index (χ3n) is 3.73. The van der Waals surface area contributed by atoms with Crippen LogP contribution in [0.15, 0.2) is 48.5 Å². The summed E-state index contributed by atoms with van der Waals surface area (Å²) in [5, 5.41) is 3.37. The van der Waals surface area contributed by atoms with Crippen LogP contribution >= 0.6 is 11.6 Å². The molecule has 21 heavy (non-hydrogen) atoms. The Morgan fingerprint density at radius 3 is 2.43 bits per heavy atom. The monoisotopic (exact) mass is 305 g/mol. The molecule has 1 atom stereocenters. The normalized spacial score (nSPS) is 13.0. The van der Waals surface area contributed by atoms with Gasteiger partial charge in [0.1, 0.15) is 0 Å². The summed E-state index contributed by atoms with van der Waals surface area (Å²) in [6, 6.07) is 15.5. The smallest absolute Gasteiger partial charge is 0.164 e. The van der Waals surface area contributed by atoms with Gasteiger partial charge in [-0.1, -0.05) is 61.8 Å². The van der Waals surface area contributed by atoms with Crippen LogP contribution in [0.3, 0.4) is 0 Å². The van der Waals surface area contributed by atoms with E-state index in [1.807, 2.05) is 18.2 Å². The molecule has 0 aromatic heterocycles. The summed E-state index contributed by atoms with van der Waals surface area (Å²) in [7, 11) is 0. The van der Waals surface area contributed by atoms with Gasteiger partial charge in [-0.05, 0) is 36.5 Å². The van der Waals surface area contributed by atoms with Gasteiger partial charge >= 0.3 is 0 Å². The average molecular weight is 306 g/mol. The lowest BCUT2D eigenvalue weighted by molar-refractivity contribution is 0.449. The van der Waals surface area contributed by atoms with E-state index in [1.165, 1.54) is 5.56 Å². The molecule has 3 heteroatoms. The predicted octanol–water partition coefficient (Wildman–Crippen LogP) is 5.65. The van der Waals surface area contributed by atoms with Crippen LogP contribution in [-0.2, 0) is 5.41 Å². The van der Waals surface area contributed by atoms with Gasteiger partial charge in [0, 0.05) is 6.04 Å². The topological polar surface area (TPSA) is 12.0 Å². The second kappa shape index (κ2) is 6.48. The molecular formula is C18H21ClFN. The molecule has 0 bridgehead atoms. The number of halogens is 2. The zero-order valence-corrected chi connectivity index (χ0v) is 13.4. The van der Waals surface area contributed by atoms with Gasteiger partial charge in [-0.15, -0.1) is 0 Å². The molecule has 2 aromatic rings. The van der Waals surface area contributed by atoms with Gasteiger partial charge in [-0.25, -0.2) is 4.39 Å². The maximum absolute atomic E-state index is 13.9. The van der Waals surface area contributed by atoms with Crippen molar-refractivity contribution in [2.24, 2.45) is 0 Å². The first-order valence-corrected chi connectivity index (χ1v) is 7.54. The van der Waals surface area contributed by atoms with Crippen LogP contribution in [0, 0.1) is 5.82 Å². The fraction of sp³-hybridized carbons (Fsp3) is 0.333. The van der Waals surface area contributed by atoms with Gasteiger partial charge in [0.15, 0.2) is 5.82 Å². The third-order valence-corrected chi connectivity index (χ3v) is 4.02. The van der Waals surface area contributed by atoms with Crippen LogP contribution in [0.25, 0.3) is 0 Å². The molecule has 1 unspecified atom stereocenters. The Morgan fingerprint density at radius 1 is 1.10 bits per heavy atom. The fourth-order valence-corrected chi connectivity index (χ4v) is 2.88. The summed E-state index contributed by atoms with van der Waals surface area (Å²) < 4.78 is 13.9. The summed E-state index contributed by atoms with van der Waals surface area (Å²) in [5.41, 5.74) is 1.76. The summed E-state index contributed by atoms with van der Waals surface area (Å²) >= 11 is 5.81. The van der Waals surface area contributed by atoms with Gasteiger partial charge in [0.25, 0.3) is 0 Å². The Kier molecular flexibility index (Phi) is 4.89. The number of nitrogens with one attached hydrogen (secondary N) is 1. The van der Waals surface area contributed by atoms with E-state index in [2.05, 4.69) is 38.2 Å². The van der Waals surface area contributed by atoms with Crippen LogP contribution < -0.4 is 5.32 Å². The second-order valence-electron chi connectivity index (χ2n) is 6.10. The lowest BCUT2D eigenvalue weighted by Gasteiger charge is -2.29. The molecule has 0 fully saturated rings. The highest BCUT2D eigenvalue weighted by Crippen LogP contribution is 2.30. The minimum absolute atomic E-state index is 0.0166. The van der Waals surface area contributed by atoms with E-state index < -0.39 is 0 Å². The molecule has 0 aliphatic carbocycles. The highest BCUT2D eigenvalue weighted by molar-refractivity contribution is 6.31. The van der Waals surface area contributed by atoms with Crippen molar-refractivity contribution in [1.82, 2.24) is 0 Å². The van der Waals surface area contributed by atoms with E-state index >= 15 is 0 Å². The van der Waals surface area contributed by atoms with Gasteiger partial charge in [-0.2, -0.15) is 0 Å². The molecule has 0 aliphatic heterocycles. The summed E-state index contributed by atoms with van der Waals surface area (Å²) in [6.07, 6.45) is 0.892. The van der Waals surface area contributed by atoms with E-state index in [1.54, 1.807) is 18.2 Å². The Labute approximate surface area is 131 Å². The maximum atomic E-state index is 13.9. The van der Waals surface area contributed by atoms with E-state index in [-0.39, 0.29) is 22.3 Å². The highest BCUT2D eigenvalue weighted by Gasteiger charge is 2.23. The quantitative estimate of drug-likeness (QED) is 0.753. The predicted molar refractivity (Wildman–Crippen MR) is 88.6 cm³/mol. The molecule has 0 aliphatic rings. The molecule has 2 rings (SSSR count). The van der Waals surface area contributed by atoms with Gasteiger partial charge < -0.3 is 5.32 Å². The Hall–Kier alpha value is -1.54. The molecular weight excluding hydrogens is 285 g/mol. The summed E-state index contributed by atoms with van der Waals surface area (Å²) in [6.45, 7) is 6.47. The minimum Gasteiger partial charge on any atom is -0.380 e. The van der Waals surface area contributed by atoms with Crippen molar-refractivity contribution in [3.05, 3.63) is 64.9 Å². The summed E-state index contributed by atoms with van der Waals surface area (Å²) in [4.78, 5) is 0. The standard InChI is InChI=1S/C18H21ClFN/c1-13(21-16-11-7-10-15(19)17(16)20)12-18(2,3)14-8-5-4-6-9-14/h4-11,13,21H,12H2,1-3H3. The van der Waals surface area contributed by atoms with Crippen molar-refractivity contribution in [3.63, 3.8) is 0 Å². The molecule has 1 nitrogen and oxygen atoms in total. The second-order valence-corrected chi connectivity index (χ2v) is 6.51. The van der Waals surface area contributed by atoms with Crippen molar-refractivity contribution in [3.8, 4) is 0 Å². The SMILES string of the molecule is CC(CC(C)(C)c1ccccc1)Nc1cccc(Cl)c1F. The van der Waals surface area contributed by atoms with E-state index in [0.717, 1.165) is 6.42 Å². The molecule has 0 saturated heterocycles. The number of benzene rings is 2. The molecule has 2 aromatic carbocycles. The molecule has 0 spiro atoms. The maximum Gasteiger partial charge on any atom is 0.164 e. The van der Waals surface area contributed by atoms with E-state index in [9.17, 15) is 4.39 Å². The number of hydrogen-bond donors (Lipinski definition) is 1. The number of hydrogen-bond acceptors (Lipinski definition) is 1. The van der Waals surface area contributed by atoms with E-state index in [0.29, 0.717) is 5.69 Å². The van der Waals surface area contributed by atoms with Gasteiger partial charge in [0.2, 0.25) is 0 Å². The molecule has 112 valence electrons. The molecule has 0 heterocycles. The van der Waals surface area contributed by atoms with Crippen LogP contribution in [-0.4, -0.2) is 6.04 Å². The molecule has 0 amide bonds. The number of anilines is 1. The third kappa shape index (κ3) is 3.98. The van der Waals surface area contributed by atoms with Gasteiger partial charge in [-0.3, -0.25) is 0 Å². The summed E-state index contributed by atoms with van der Waals surface area (Å²) in [5.74, 6) is -0.386. The van der Waals surface area contributed by atoms with Crippen molar-refractivity contribution in [1.29, 1.82) is 0 Å². The first-order valence-electron chi connectivity index (χ1n) is 7.16. The molecule has 1 N–H and O–H groups in total. The largest absolute Gasteiger partial charge is 0.380 e. The first-order chi connectivity index (χ1) is 9.90. The zero-order valence-electron chi connectivity index (χ0n) is 12.7. The lowest BCUT2D eigenvalue weighted by Crippen LogP contribution is -2.28. The van der Waals surface area contributed by atoms with Crippen LogP contribution in [0.1, 0.15) is 32.8 Å². The Bertz CT molecular complexity index is 595. The minimum atomic E-state index is -0.386. The molecule has 0 radical (unpaired) electrons. The Balaban J connectivity index is 2.08. The zero-order chi connectivity index (χ0) is 15.5. The van der Waals surface area contributed by atoms with E-state index in [4.69, 9.17) is 11.6 Å². The highest BCUT2D eigenvalue weighted by atomic mass is 35.5. The fourth-order valence-electron chi connectivity index (χ4n) is 2.70. The van der Waals surface area contributed by atoms with Crippen molar-refractivity contribution in [2.45, 2.75) is 38.6 Å². The average Bonchev–Trinajstić information content (AvgIpc) is 2.44. The van der Waals surface area contributed by atoms with Crippen molar-refractivity contribution < 1.29 is 4.39 Å². The van der Waals surface area contributed by atoms with Crippen LogP contribution in [0.5, 0.6) is 0 Å². The first kappa shape index (κ1) is 15.8. The number of rotatable bonds is 5.